The van der Waals surface area contributed by atoms with Crippen LogP contribution in [0.1, 0.15) is 44.9 Å². The Hall–Kier alpha value is -0.570. The van der Waals surface area contributed by atoms with Crippen molar-refractivity contribution in [2.45, 2.75) is 51.0 Å². The lowest BCUT2D eigenvalue weighted by Gasteiger charge is -2.21. The Labute approximate surface area is 104 Å². The van der Waals surface area contributed by atoms with Crippen LogP contribution in [-0.4, -0.2) is 18.5 Å². The van der Waals surface area contributed by atoms with Gasteiger partial charge in [0.05, 0.1) is 0 Å². The smallest absolute Gasteiger partial charge is 0.223 e. The molecule has 5 atom stereocenters. The van der Waals surface area contributed by atoms with Crippen LogP contribution in [0.25, 0.3) is 0 Å². The maximum atomic E-state index is 12.1. The van der Waals surface area contributed by atoms with E-state index in [2.05, 4.69) is 5.32 Å². The molecule has 2 bridgehead atoms. The SMILES string of the molecule is NC1CCC(CNC(=O)C2CC3CCC2C3)C1. The van der Waals surface area contributed by atoms with Crippen molar-refractivity contribution in [1.82, 2.24) is 5.32 Å². The highest BCUT2D eigenvalue weighted by atomic mass is 16.1. The molecule has 96 valence electrons. The van der Waals surface area contributed by atoms with Crippen molar-refractivity contribution in [3.63, 3.8) is 0 Å². The summed E-state index contributed by atoms with van der Waals surface area (Å²) in [4.78, 5) is 12.1. The van der Waals surface area contributed by atoms with Crippen molar-refractivity contribution in [2.24, 2.45) is 29.4 Å². The summed E-state index contributed by atoms with van der Waals surface area (Å²) in [7, 11) is 0. The average molecular weight is 236 g/mol. The molecule has 3 aliphatic rings. The monoisotopic (exact) mass is 236 g/mol. The lowest BCUT2D eigenvalue weighted by molar-refractivity contribution is -0.126. The summed E-state index contributed by atoms with van der Waals surface area (Å²) in [6.07, 6.45) is 8.54. The number of carbonyl (C=O) groups excluding carboxylic acids is 1. The molecule has 0 heterocycles. The summed E-state index contributed by atoms with van der Waals surface area (Å²) >= 11 is 0. The number of rotatable bonds is 3. The first-order chi connectivity index (χ1) is 8.22. The van der Waals surface area contributed by atoms with E-state index in [-0.39, 0.29) is 0 Å². The fourth-order valence-electron chi connectivity index (χ4n) is 4.24. The summed E-state index contributed by atoms with van der Waals surface area (Å²) in [5, 5.41) is 3.18. The molecule has 3 saturated carbocycles. The Bertz CT molecular complexity index is 305. The Kier molecular flexibility index (Phi) is 3.12. The zero-order valence-corrected chi connectivity index (χ0v) is 10.5. The number of amides is 1. The fourth-order valence-corrected chi connectivity index (χ4v) is 4.24. The van der Waals surface area contributed by atoms with Crippen LogP contribution in [0.5, 0.6) is 0 Å². The van der Waals surface area contributed by atoms with Gasteiger partial charge in [-0.25, -0.2) is 0 Å². The molecule has 3 aliphatic carbocycles. The Morgan fingerprint density at radius 2 is 2.00 bits per heavy atom. The minimum absolute atomic E-state index is 0.331. The van der Waals surface area contributed by atoms with Crippen LogP contribution in [-0.2, 0) is 4.79 Å². The molecule has 0 aromatic carbocycles. The van der Waals surface area contributed by atoms with Gasteiger partial charge in [-0.15, -0.1) is 0 Å². The van der Waals surface area contributed by atoms with E-state index in [1.165, 1.54) is 25.7 Å². The van der Waals surface area contributed by atoms with Gasteiger partial charge in [0.15, 0.2) is 0 Å². The third kappa shape index (κ3) is 2.35. The van der Waals surface area contributed by atoms with Gasteiger partial charge < -0.3 is 11.1 Å². The summed E-state index contributed by atoms with van der Waals surface area (Å²) < 4.78 is 0. The predicted molar refractivity (Wildman–Crippen MR) is 67.3 cm³/mol. The van der Waals surface area contributed by atoms with E-state index in [1.54, 1.807) is 0 Å². The Balaban J connectivity index is 1.44. The van der Waals surface area contributed by atoms with Gasteiger partial charge in [-0.05, 0) is 56.3 Å². The van der Waals surface area contributed by atoms with Crippen molar-refractivity contribution in [3.05, 3.63) is 0 Å². The van der Waals surface area contributed by atoms with Crippen LogP contribution in [0.15, 0.2) is 0 Å². The van der Waals surface area contributed by atoms with Gasteiger partial charge in [0.2, 0.25) is 5.91 Å². The molecular formula is C14H24N2O. The standard InChI is InChI=1S/C14H24N2O/c15-12-4-2-10(6-12)8-16-14(17)13-7-9-1-3-11(13)5-9/h9-13H,1-8,15H2,(H,16,17). The first-order valence-corrected chi connectivity index (χ1v) is 7.25. The van der Waals surface area contributed by atoms with Gasteiger partial charge in [0, 0.05) is 18.5 Å². The third-order valence-corrected chi connectivity index (χ3v) is 5.22. The summed E-state index contributed by atoms with van der Waals surface area (Å²) in [6.45, 7) is 0.862. The zero-order valence-electron chi connectivity index (χ0n) is 10.5. The molecule has 3 rings (SSSR count). The van der Waals surface area contributed by atoms with Crippen molar-refractivity contribution < 1.29 is 4.79 Å². The highest BCUT2D eigenvalue weighted by Crippen LogP contribution is 2.48. The van der Waals surface area contributed by atoms with Crippen LogP contribution in [0, 0.1) is 23.7 Å². The van der Waals surface area contributed by atoms with Gasteiger partial charge in [-0.2, -0.15) is 0 Å². The predicted octanol–water partition coefficient (Wildman–Crippen LogP) is 1.67. The van der Waals surface area contributed by atoms with Crippen molar-refractivity contribution >= 4 is 5.91 Å². The van der Waals surface area contributed by atoms with Gasteiger partial charge in [0.1, 0.15) is 0 Å². The van der Waals surface area contributed by atoms with Crippen molar-refractivity contribution in [3.8, 4) is 0 Å². The number of hydrogen-bond donors (Lipinski definition) is 2. The maximum Gasteiger partial charge on any atom is 0.223 e. The average Bonchev–Trinajstić information content (AvgIpc) is 3.01. The normalized spacial score (nSPS) is 44.2. The molecule has 0 aromatic heterocycles. The van der Waals surface area contributed by atoms with E-state index in [9.17, 15) is 4.79 Å². The molecule has 3 fully saturated rings. The third-order valence-electron chi connectivity index (χ3n) is 5.22. The molecule has 17 heavy (non-hydrogen) atoms. The Morgan fingerprint density at radius 3 is 2.59 bits per heavy atom. The van der Waals surface area contributed by atoms with E-state index in [0.29, 0.717) is 29.7 Å². The molecule has 1 amide bonds. The van der Waals surface area contributed by atoms with Crippen LogP contribution in [0.3, 0.4) is 0 Å². The number of hydrogen-bond acceptors (Lipinski definition) is 2. The van der Waals surface area contributed by atoms with E-state index >= 15 is 0 Å². The first kappa shape index (κ1) is 11.5. The molecular weight excluding hydrogens is 212 g/mol. The topological polar surface area (TPSA) is 55.1 Å². The zero-order chi connectivity index (χ0) is 11.8. The van der Waals surface area contributed by atoms with Gasteiger partial charge >= 0.3 is 0 Å². The summed E-state index contributed by atoms with van der Waals surface area (Å²) in [5.74, 6) is 2.86. The van der Waals surface area contributed by atoms with Crippen LogP contribution >= 0.6 is 0 Å². The highest BCUT2D eigenvalue weighted by Gasteiger charge is 2.43. The van der Waals surface area contributed by atoms with Crippen LogP contribution in [0.4, 0.5) is 0 Å². The van der Waals surface area contributed by atoms with E-state index in [1.807, 2.05) is 0 Å². The Morgan fingerprint density at radius 1 is 1.12 bits per heavy atom. The molecule has 3 N–H and O–H groups in total. The molecule has 3 heteroatoms. The molecule has 0 radical (unpaired) electrons. The van der Waals surface area contributed by atoms with Gasteiger partial charge in [0.25, 0.3) is 0 Å². The quantitative estimate of drug-likeness (QED) is 0.783. The minimum atomic E-state index is 0.331. The fraction of sp³-hybridized carbons (Fsp3) is 0.929. The van der Waals surface area contributed by atoms with Crippen LogP contribution < -0.4 is 11.1 Å². The molecule has 3 nitrogen and oxygen atoms in total. The number of carbonyl (C=O) groups is 1. The highest BCUT2D eigenvalue weighted by molar-refractivity contribution is 5.79. The van der Waals surface area contributed by atoms with E-state index < -0.39 is 0 Å². The second-order valence-corrected chi connectivity index (χ2v) is 6.47. The molecule has 0 aromatic rings. The van der Waals surface area contributed by atoms with Gasteiger partial charge in [-0.1, -0.05) is 6.42 Å². The number of fused-ring (bicyclic) bond motifs is 2. The largest absolute Gasteiger partial charge is 0.356 e. The maximum absolute atomic E-state index is 12.1. The van der Waals surface area contributed by atoms with Crippen molar-refractivity contribution in [1.29, 1.82) is 0 Å². The number of nitrogens with two attached hydrogens (primary N) is 1. The first-order valence-electron chi connectivity index (χ1n) is 7.25. The molecule has 0 aliphatic heterocycles. The molecule has 0 saturated heterocycles. The summed E-state index contributed by atoms with van der Waals surface area (Å²) in [6, 6.07) is 0.374. The van der Waals surface area contributed by atoms with Crippen molar-refractivity contribution in [2.75, 3.05) is 6.54 Å². The molecule has 0 spiro atoms. The second kappa shape index (κ2) is 4.60. The summed E-state index contributed by atoms with van der Waals surface area (Å²) in [5.41, 5.74) is 5.89. The van der Waals surface area contributed by atoms with Gasteiger partial charge in [-0.3, -0.25) is 4.79 Å². The van der Waals surface area contributed by atoms with Crippen LogP contribution in [0.2, 0.25) is 0 Å². The number of nitrogens with one attached hydrogen (secondary N) is 1. The minimum Gasteiger partial charge on any atom is -0.356 e. The second-order valence-electron chi connectivity index (χ2n) is 6.47. The van der Waals surface area contributed by atoms with E-state index in [0.717, 1.165) is 31.7 Å². The lowest BCUT2D eigenvalue weighted by Crippen LogP contribution is -2.36. The van der Waals surface area contributed by atoms with E-state index in [4.69, 9.17) is 5.73 Å². The molecule has 5 unspecified atom stereocenters. The lowest BCUT2D eigenvalue weighted by atomic mass is 9.88.